The van der Waals surface area contributed by atoms with Crippen molar-refractivity contribution in [2.45, 2.75) is 144 Å². The fourth-order valence-corrected chi connectivity index (χ4v) is 5.70. The van der Waals surface area contributed by atoms with Crippen LogP contribution in [-0.4, -0.2) is 59.3 Å². The molecule has 0 aliphatic rings. The Morgan fingerprint density at radius 1 is 0.540 bits per heavy atom. The molecule has 4 N–H and O–H groups in total. The Labute approximate surface area is 298 Å². The van der Waals surface area contributed by atoms with Crippen LogP contribution in [0.3, 0.4) is 0 Å². The second-order valence-electron chi connectivity index (χ2n) is 17.0. The molecule has 0 spiro atoms. The van der Waals surface area contributed by atoms with Gasteiger partial charge in [0.2, 0.25) is 0 Å². The van der Waals surface area contributed by atoms with Crippen molar-refractivity contribution in [3.63, 3.8) is 0 Å². The Hall–Kier alpha value is -4.08. The van der Waals surface area contributed by atoms with E-state index in [9.17, 15) is 29.4 Å². The number of nitrogens with one attached hydrogen (secondary N) is 2. The summed E-state index contributed by atoms with van der Waals surface area (Å²) in [5, 5.41) is 27.3. The molecule has 0 bridgehead atoms. The zero-order valence-electron chi connectivity index (χ0n) is 32.6. The van der Waals surface area contributed by atoms with E-state index in [2.05, 4.69) is 10.6 Å². The van der Waals surface area contributed by atoms with Crippen LogP contribution < -0.4 is 10.6 Å². The van der Waals surface area contributed by atoms with E-state index in [-0.39, 0.29) is 37.6 Å². The summed E-state index contributed by atoms with van der Waals surface area (Å²) in [6.07, 6.45) is -0.0193. The normalized spacial score (nSPS) is 13.6. The number of phenols is 2. The molecule has 2 atom stereocenters. The van der Waals surface area contributed by atoms with Crippen LogP contribution in [0.5, 0.6) is 11.5 Å². The standard InChI is InChI=1S/C40H60N2O8/c1-15-49-35(47)29(21-23-17-25(37(3,4)5)31(43)26(18-23)38(6,7)8)41-33(45)34(46)42-30(36(48)50-16-2)22-24-19-27(39(9,10)11)32(44)28(20-24)40(12,13)14/h17-20,29-30,43-44H,15-16,21-22H2,1-14H3,(H,41,45)(H,42,46). The Kier molecular flexibility index (Phi) is 13.3. The van der Waals surface area contributed by atoms with Crippen LogP contribution in [0.15, 0.2) is 24.3 Å². The Morgan fingerprint density at radius 2 is 0.780 bits per heavy atom. The lowest BCUT2D eigenvalue weighted by molar-refractivity contribution is -0.151. The molecule has 278 valence electrons. The third-order valence-electron chi connectivity index (χ3n) is 8.41. The van der Waals surface area contributed by atoms with E-state index in [0.717, 1.165) is 0 Å². The number of amides is 2. The van der Waals surface area contributed by atoms with Gasteiger partial charge in [0.25, 0.3) is 0 Å². The lowest BCUT2D eigenvalue weighted by atomic mass is 9.78. The van der Waals surface area contributed by atoms with Crippen LogP contribution in [0.1, 0.15) is 130 Å². The first-order valence-corrected chi connectivity index (χ1v) is 17.4. The summed E-state index contributed by atoms with van der Waals surface area (Å²) in [4.78, 5) is 53.0. The quantitative estimate of drug-likeness (QED) is 0.170. The van der Waals surface area contributed by atoms with Gasteiger partial charge in [-0.25, -0.2) is 9.59 Å². The van der Waals surface area contributed by atoms with Crippen molar-refractivity contribution < 1.29 is 38.9 Å². The Balaban J connectivity index is 2.49. The minimum atomic E-state index is -1.24. The van der Waals surface area contributed by atoms with Crippen molar-refractivity contribution in [2.75, 3.05) is 13.2 Å². The third kappa shape index (κ3) is 11.0. The number of ether oxygens (including phenoxy) is 2. The summed E-state index contributed by atoms with van der Waals surface area (Å²) >= 11 is 0. The van der Waals surface area contributed by atoms with Gasteiger partial charge in [-0.2, -0.15) is 0 Å². The largest absolute Gasteiger partial charge is 0.507 e. The maximum absolute atomic E-state index is 13.4. The smallest absolute Gasteiger partial charge is 0.328 e. The third-order valence-corrected chi connectivity index (χ3v) is 8.41. The molecule has 0 heterocycles. The number of hydrogen-bond donors (Lipinski definition) is 4. The molecule has 0 aromatic heterocycles. The van der Waals surface area contributed by atoms with E-state index in [4.69, 9.17) is 9.47 Å². The van der Waals surface area contributed by atoms with E-state index in [1.807, 2.05) is 83.1 Å². The molecule has 0 saturated carbocycles. The van der Waals surface area contributed by atoms with Crippen molar-refractivity contribution >= 4 is 23.8 Å². The number of carbonyl (C=O) groups is 4. The fourth-order valence-electron chi connectivity index (χ4n) is 5.70. The first kappa shape index (κ1) is 42.1. The number of hydrogen-bond acceptors (Lipinski definition) is 8. The zero-order chi connectivity index (χ0) is 38.6. The minimum Gasteiger partial charge on any atom is -0.507 e. The van der Waals surface area contributed by atoms with E-state index < -0.39 is 57.5 Å². The van der Waals surface area contributed by atoms with Gasteiger partial charge in [0, 0.05) is 12.8 Å². The Bertz CT molecular complexity index is 1380. The number of aromatic hydroxyl groups is 2. The van der Waals surface area contributed by atoms with E-state index in [1.165, 1.54) is 0 Å². The predicted octanol–water partition coefficient (Wildman–Crippen LogP) is 6.17. The maximum Gasteiger partial charge on any atom is 0.328 e. The van der Waals surface area contributed by atoms with Crippen molar-refractivity contribution in [3.05, 3.63) is 57.6 Å². The molecule has 2 rings (SSSR count). The fraction of sp³-hybridized carbons (Fsp3) is 0.600. The molecule has 0 saturated heterocycles. The molecule has 0 aliphatic carbocycles. The van der Waals surface area contributed by atoms with Gasteiger partial charge < -0.3 is 30.3 Å². The van der Waals surface area contributed by atoms with E-state index in [0.29, 0.717) is 33.4 Å². The van der Waals surface area contributed by atoms with Crippen molar-refractivity contribution in [1.82, 2.24) is 10.6 Å². The van der Waals surface area contributed by atoms with Crippen LogP contribution >= 0.6 is 0 Å². The SMILES string of the molecule is CCOC(=O)C(Cc1cc(C(C)(C)C)c(O)c(C(C)(C)C)c1)NC(=O)C(=O)NC(Cc1cc(C(C)(C)C)c(O)c(C(C)(C)C)c1)C(=O)OCC. The summed E-state index contributed by atoms with van der Waals surface area (Å²) in [6, 6.07) is 4.73. The first-order chi connectivity index (χ1) is 22.7. The molecule has 0 radical (unpaired) electrons. The van der Waals surface area contributed by atoms with E-state index in [1.54, 1.807) is 38.1 Å². The average molecular weight is 697 g/mol. The summed E-state index contributed by atoms with van der Waals surface area (Å²) in [5.74, 6) is -3.36. The lowest BCUT2D eigenvalue weighted by Gasteiger charge is -2.29. The van der Waals surface area contributed by atoms with E-state index >= 15 is 0 Å². The molecule has 2 aromatic carbocycles. The van der Waals surface area contributed by atoms with Crippen LogP contribution in [-0.2, 0) is 63.2 Å². The lowest BCUT2D eigenvalue weighted by Crippen LogP contribution is -2.53. The Morgan fingerprint density at radius 3 is 0.980 bits per heavy atom. The highest BCUT2D eigenvalue weighted by atomic mass is 16.5. The molecule has 10 nitrogen and oxygen atoms in total. The van der Waals surface area contributed by atoms with Crippen molar-refractivity contribution in [1.29, 1.82) is 0 Å². The topological polar surface area (TPSA) is 151 Å². The van der Waals surface area contributed by atoms with Crippen molar-refractivity contribution in [3.8, 4) is 11.5 Å². The highest BCUT2D eigenvalue weighted by Crippen LogP contribution is 2.41. The number of benzene rings is 2. The highest BCUT2D eigenvalue weighted by Gasteiger charge is 2.33. The highest BCUT2D eigenvalue weighted by molar-refractivity contribution is 6.35. The van der Waals surface area contributed by atoms with Gasteiger partial charge in [-0.1, -0.05) is 107 Å². The predicted molar refractivity (Wildman–Crippen MR) is 196 cm³/mol. The molecule has 50 heavy (non-hydrogen) atoms. The van der Waals surface area contributed by atoms with Crippen molar-refractivity contribution in [2.24, 2.45) is 0 Å². The summed E-state index contributed by atoms with van der Waals surface area (Å²) < 4.78 is 10.5. The van der Waals surface area contributed by atoms with Crippen LogP contribution in [0.2, 0.25) is 0 Å². The second kappa shape index (κ2) is 15.9. The zero-order valence-corrected chi connectivity index (χ0v) is 32.6. The maximum atomic E-state index is 13.4. The van der Waals surface area contributed by atoms with Gasteiger partial charge in [-0.05, 0) is 68.9 Å². The molecule has 0 aliphatic heterocycles. The number of rotatable bonds is 10. The number of phenolic OH excluding ortho intramolecular Hbond substituents is 2. The van der Waals surface area contributed by atoms with Crippen LogP contribution in [0.25, 0.3) is 0 Å². The summed E-state index contributed by atoms with van der Waals surface area (Å²) in [7, 11) is 0. The first-order valence-electron chi connectivity index (χ1n) is 17.4. The van der Waals surface area contributed by atoms with Gasteiger partial charge in [-0.3, -0.25) is 9.59 Å². The molecule has 10 heteroatoms. The van der Waals surface area contributed by atoms with Gasteiger partial charge in [0.15, 0.2) is 0 Å². The van der Waals surface area contributed by atoms with Gasteiger partial charge in [-0.15, -0.1) is 0 Å². The van der Waals surface area contributed by atoms with Gasteiger partial charge >= 0.3 is 23.8 Å². The minimum absolute atomic E-state index is 0.00966. The van der Waals surface area contributed by atoms with Gasteiger partial charge in [0.1, 0.15) is 23.6 Å². The number of esters is 2. The number of carbonyl (C=O) groups excluding carboxylic acids is 4. The molecule has 2 amide bonds. The summed E-state index contributed by atoms with van der Waals surface area (Å²) in [6.45, 7) is 27.0. The molecular formula is C40H60N2O8. The molecule has 2 aromatic rings. The molecular weight excluding hydrogens is 636 g/mol. The van der Waals surface area contributed by atoms with Crippen LogP contribution in [0, 0.1) is 0 Å². The average Bonchev–Trinajstić information content (AvgIpc) is 2.95. The van der Waals surface area contributed by atoms with Gasteiger partial charge in [0.05, 0.1) is 13.2 Å². The monoisotopic (exact) mass is 696 g/mol. The molecule has 2 unspecified atom stereocenters. The van der Waals surface area contributed by atoms with Crippen LogP contribution in [0.4, 0.5) is 0 Å². The second-order valence-corrected chi connectivity index (χ2v) is 17.0. The summed E-state index contributed by atoms with van der Waals surface area (Å²) in [5.41, 5.74) is 2.35. The molecule has 0 fully saturated rings.